The highest BCUT2D eigenvalue weighted by Gasteiger charge is 2.18. The SMILES string of the molecule is Cc1cc(-c2onc(N)c2-c2ccc(Br)cc2)ccc1Cl. The van der Waals surface area contributed by atoms with Crippen molar-refractivity contribution >= 4 is 33.3 Å². The molecule has 3 nitrogen and oxygen atoms in total. The van der Waals surface area contributed by atoms with Crippen molar-refractivity contribution in [1.82, 2.24) is 5.16 Å². The highest BCUT2D eigenvalue weighted by Crippen LogP contribution is 2.37. The van der Waals surface area contributed by atoms with Gasteiger partial charge in [-0.15, -0.1) is 0 Å². The molecule has 2 N–H and O–H groups in total. The van der Waals surface area contributed by atoms with Crippen LogP contribution >= 0.6 is 27.5 Å². The van der Waals surface area contributed by atoms with Gasteiger partial charge in [-0.3, -0.25) is 0 Å². The first kappa shape index (κ1) is 14.2. The number of aryl methyl sites for hydroxylation is 1. The van der Waals surface area contributed by atoms with Crippen LogP contribution < -0.4 is 5.73 Å². The van der Waals surface area contributed by atoms with E-state index in [-0.39, 0.29) is 0 Å². The standard InChI is InChI=1S/C16H12BrClN2O/c1-9-8-11(4-7-13(9)18)15-14(16(19)20-21-15)10-2-5-12(17)6-3-10/h2-8H,1H3,(H2,19,20). The third-order valence-electron chi connectivity index (χ3n) is 3.27. The van der Waals surface area contributed by atoms with Crippen molar-refractivity contribution in [3.63, 3.8) is 0 Å². The van der Waals surface area contributed by atoms with Crippen LogP contribution in [0.4, 0.5) is 5.82 Å². The maximum absolute atomic E-state index is 6.07. The van der Waals surface area contributed by atoms with Gasteiger partial charge in [0.2, 0.25) is 0 Å². The van der Waals surface area contributed by atoms with E-state index in [4.69, 9.17) is 21.9 Å². The Hall–Kier alpha value is -1.78. The van der Waals surface area contributed by atoms with Crippen molar-refractivity contribution in [2.45, 2.75) is 6.92 Å². The fraction of sp³-hybridized carbons (Fsp3) is 0.0625. The number of aromatic nitrogens is 1. The molecule has 0 saturated carbocycles. The second-order valence-corrected chi connectivity index (χ2v) is 6.07. The van der Waals surface area contributed by atoms with Crippen LogP contribution in [0.1, 0.15) is 5.56 Å². The van der Waals surface area contributed by atoms with Crippen LogP contribution in [0.5, 0.6) is 0 Å². The van der Waals surface area contributed by atoms with Crippen LogP contribution in [0.3, 0.4) is 0 Å². The van der Waals surface area contributed by atoms with Crippen LogP contribution in [-0.2, 0) is 0 Å². The summed E-state index contributed by atoms with van der Waals surface area (Å²) in [5, 5.41) is 4.62. The van der Waals surface area contributed by atoms with E-state index in [0.29, 0.717) is 11.6 Å². The van der Waals surface area contributed by atoms with Crippen LogP contribution in [-0.4, -0.2) is 5.16 Å². The van der Waals surface area contributed by atoms with Gasteiger partial charge in [0.15, 0.2) is 11.6 Å². The van der Waals surface area contributed by atoms with Crippen LogP contribution in [0.25, 0.3) is 22.5 Å². The molecule has 0 radical (unpaired) electrons. The first-order valence-corrected chi connectivity index (χ1v) is 7.51. The van der Waals surface area contributed by atoms with Crippen LogP contribution in [0.15, 0.2) is 51.5 Å². The zero-order valence-electron chi connectivity index (χ0n) is 11.2. The first-order valence-electron chi connectivity index (χ1n) is 6.34. The molecule has 0 aliphatic rings. The molecule has 0 unspecified atom stereocenters. The minimum absolute atomic E-state index is 0.375. The van der Waals surface area contributed by atoms with E-state index >= 15 is 0 Å². The maximum atomic E-state index is 6.07. The summed E-state index contributed by atoms with van der Waals surface area (Å²) in [5.74, 6) is 1.02. The zero-order valence-corrected chi connectivity index (χ0v) is 13.6. The lowest BCUT2D eigenvalue weighted by Crippen LogP contribution is -1.89. The Morgan fingerprint density at radius 3 is 2.43 bits per heavy atom. The van der Waals surface area contributed by atoms with Gasteiger partial charge in [0.1, 0.15) is 0 Å². The van der Waals surface area contributed by atoms with E-state index in [0.717, 1.165) is 31.7 Å². The average molecular weight is 364 g/mol. The van der Waals surface area contributed by atoms with E-state index < -0.39 is 0 Å². The number of anilines is 1. The Balaban J connectivity index is 2.16. The summed E-state index contributed by atoms with van der Waals surface area (Å²) < 4.78 is 6.44. The highest BCUT2D eigenvalue weighted by atomic mass is 79.9. The molecule has 2 aromatic carbocycles. The van der Waals surface area contributed by atoms with Crippen molar-refractivity contribution in [1.29, 1.82) is 0 Å². The Kier molecular flexibility index (Phi) is 3.74. The van der Waals surface area contributed by atoms with Crippen LogP contribution in [0.2, 0.25) is 5.02 Å². The molecule has 0 amide bonds. The molecule has 0 atom stereocenters. The van der Waals surface area contributed by atoms with E-state index in [2.05, 4.69) is 21.1 Å². The second-order valence-electron chi connectivity index (χ2n) is 4.74. The minimum Gasteiger partial charge on any atom is -0.380 e. The Morgan fingerprint density at radius 2 is 1.76 bits per heavy atom. The van der Waals surface area contributed by atoms with Gasteiger partial charge in [0.25, 0.3) is 0 Å². The quantitative estimate of drug-likeness (QED) is 0.671. The van der Waals surface area contributed by atoms with Gasteiger partial charge in [-0.25, -0.2) is 0 Å². The highest BCUT2D eigenvalue weighted by molar-refractivity contribution is 9.10. The minimum atomic E-state index is 0.375. The van der Waals surface area contributed by atoms with Crippen LogP contribution in [0, 0.1) is 6.92 Å². The summed E-state index contributed by atoms with van der Waals surface area (Å²) in [6.07, 6.45) is 0. The number of halogens is 2. The molecule has 0 spiro atoms. The fourth-order valence-electron chi connectivity index (χ4n) is 2.18. The molecule has 0 bridgehead atoms. The van der Waals surface area contributed by atoms with Gasteiger partial charge in [-0.05, 0) is 48.4 Å². The number of nitrogens with two attached hydrogens (primary N) is 1. The molecule has 5 heteroatoms. The Morgan fingerprint density at radius 1 is 1.10 bits per heavy atom. The van der Waals surface area contributed by atoms with Crippen molar-refractivity contribution in [2.75, 3.05) is 5.73 Å². The molecule has 1 aromatic heterocycles. The van der Waals surface area contributed by atoms with Crippen molar-refractivity contribution in [3.05, 3.63) is 57.5 Å². The summed E-state index contributed by atoms with van der Waals surface area (Å²) in [7, 11) is 0. The van der Waals surface area contributed by atoms with Gasteiger partial charge in [-0.2, -0.15) is 0 Å². The third kappa shape index (κ3) is 2.69. The number of nitrogens with zero attached hydrogens (tertiary/aromatic N) is 1. The summed E-state index contributed by atoms with van der Waals surface area (Å²) in [6, 6.07) is 13.6. The molecular formula is C16H12BrClN2O. The largest absolute Gasteiger partial charge is 0.380 e. The molecule has 0 saturated heterocycles. The lowest BCUT2D eigenvalue weighted by Gasteiger charge is -2.05. The van der Waals surface area contributed by atoms with Crippen molar-refractivity contribution in [3.8, 4) is 22.5 Å². The molecule has 3 aromatic rings. The molecule has 0 aliphatic heterocycles. The Labute approximate surface area is 135 Å². The Bertz CT molecular complexity index is 797. The molecule has 0 fully saturated rings. The molecule has 3 rings (SSSR count). The smallest absolute Gasteiger partial charge is 0.176 e. The number of rotatable bonds is 2. The second kappa shape index (κ2) is 5.54. The number of hydrogen-bond donors (Lipinski definition) is 1. The van der Waals surface area contributed by atoms with E-state index in [9.17, 15) is 0 Å². The van der Waals surface area contributed by atoms with Gasteiger partial charge in [0.05, 0.1) is 5.56 Å². The van der Waals surface area contributed by atoms with Gasteiger partial charge >= 0.3 is 0 Å². The fourth-order valence-corrected chi connectivity index (χ4v) is 2.56. The molecular weight excluding hydrogens is 352 g/mol. The maximum Gasteiger partial charge on any atom is 0.176 e. The lowest BCUT2D eigenvalue weighted by atomic mass is 10.0. The predicted octanol–water partition coefficient (Wildman–Crippen LogP) is 5.32. The summed E-state index contributed by atoms with van der Waals surface area (Å²) in [6.45, 7) is 1.95. The normalized spacial score (nSPS) is 10.8. The predicted molar refractivity (Wildman–Crippen MR) is 89.2 cm³/mol. The molecule has 0 aliphatic carbocycles. The van der Waals surface area contributed by atoms with Gasteiger partial charge in [-0.1, -0.05) is 44.8 Å². The number of nitrogen functional groups attached to an aromatic ring is 1. The van der Waals surface area contributed by atoms with E-state index in [1.165, 1.54) is 0 Å². The van der Waals surface area contributed by atoms with Gasteiger partial charge in [0, 0.05) is 15.1 Å². The topological polar surface area (TPSA) is 52.0 Å². The average Bonchev–Trinajstić information content (AvgIpc) is 2.85. The number of benzene rings is 2. The van der Waals surface area contributed by atoms with Gasteiger partial charge < -0.3 is 10.3 Å². The summed E-state index contributed by atoms with van der Waals surface area (Å²) >= 11 is 9.49. The number of hydrogen-bond acceptors (Lipinski definition) is 3. The lowest BCUT2D eigenvalue weighted by molar-refractivity contribution is 0.436. The first-order chi connectivity index (χ1) is 10.1. The zero-order chi connectivity index (χ0) is 15.0. The molecule has 106 valence electrons. The summed E-state index contributed by atoms with van der Waals surface area (Å²) in [5.41, 5.74) is 9.61. The molecule has 21 heavy (non-hydrogen) atoms. The third-order valence-corrected chi connectivity index (χ3v) is 4.22. The van der Waals surface area contributed by atoms with Crippen molar-refractivity contribution < 1.29 is 4.52 Å². The molecule has 1 heterocycles. The van der Waals surface area contributed by atoms with Crippen molar-refractivity contribution in [2.24, 2.45) is 0 Å². The van der Waals surface area contributed by atoms with E-state index in [1.54, 1.807) is 0 Å². The monoisotopic (exact) mass is 362 g/mol. The van der Waals surface area contributed by atoms with E-state index in [1.807, 2.05) is 49.4 Å². The summed E-state index contributed by atoms with van der Waals surface area (Å²) in [4.78, 5) is 0.